The van der Waals surface area contributed by atoms with Crippen molar-refractivity contribution in [2.45, 2.75) is 32.0 Å². The van der Waals surface area contributed by atoms with Crippen LogP contribution in [0.2, 0.25) is 0 Å². The third-order valence-electron chi connectivity index (χ3n) is 3.24. The summed E-state index contributed by atoms with van der Waals surface area (Å²) in [6.07, 6.45) is -1.40. The van der Waals surface area contributed by atoms with Gasteiger partial charge in [0.2, 0.25) is 0 Å². The molecule has 1 fully saturated rings. The Labute approximate surface area is 110 Å². The highest BCUT2D eigenvalue weighted by atomic mass is 19.4. The van der Waals surface area contributed by atoms with Crippen molar-refractivity contribution in [3.63, 3.8) is 0 Å². The monoisotopic (exact) mass is 274 g/mol. The summed E-state index contributed by atoms with van der Waals surface area (Å²) in [4.78, 5) is 5.90. The summed E-state index contributed by atoms with van der Waals surface area (Å²) >= 11 is 0. The van der Waals surface area contributed by atoms with Crippen LogP contribution in [0.25, 0.3) is 0 Å². The van der Waals surface area contributed by atoms with Gasteiger partial charge in [0.15, 0.2) is 0 Å². The van der Waals surface area contributed by atoms with E-state index in [1.165, 1.54) is 6.07 Å². The lowest BCUT2D eigenvalue weighted by atomic mass is 10.1. The number of alkyl halides is 3. The maximum atomic E-state index is 12.4. The van der Waals surface area contributed by atoms with Crippen molar-refractivity contribution in [2.75, 3.05) is 24.6 Å². The van der Waals surface area contributed by atoms with E-state index < -0.39 is 11.7 Å². The average Bonchev–Trinajstić information content (AvgIpc) is 2.39. The van der Waals surface area contributed by atoms with E-state index in [9.17, 15) is 13.2 Å². The number of aromatic nitrogens is 1. The molecule has 0 aromatic carbocycles. The summed E-state index contributed by atoms with van der Waals surface area (Å²) in [6, 6.07) is 2.51. The van der Waals surface area contributed by atoms with Gasteiger partial charge in [0.1, 0.15) is 5.82 Å². The highest BCUT2D eigenvalue weighted by Crippen LogP contribution is 2.29. The van der Waals surface area contributed by atoms with Gasteiger partial charge in [-0.15, -0.1) is 0 Å². The maximum Gasteiger partial charge on any atom is 0.417 e. The summed E-state index contributed by atoms with van der Waals surface area (Å²) in [7, 11) is 0. The van der Waals surface area contributed by atoms with Gasteiger partial charge in [-0.2, -0.15) is 13.2 Å². The Hall–Kier alpha value is -1.30. The molecule has 2 heterocycles. The molecule has 0 spiro atoms. The molecule has 1 aromatic rings. The quantitative estimate of drug-likeness (QED) is 0.847. The Balaban J connectivity index is 1.97. The molecule has 0 N–H and O–H groups in total. The van der Waals surface area contributed by atoms with Crippen molar-refractivity contribution < 1.29 is 17.9 Å². The van der Waals surface area contributed by atoms with E-state index in [2.05, 4.69) is 4.98 Å². The zero-order valence-electron chi connectivity index (χ0n) is 10.8. The molecule has 1 aliphatic rings. The number of halogens is 3. The second-order valence-corrected chi connectivity index (χ2v) is 4.54. The molecule has 3 nitrogen and oxygen atoms in total. The van der Waals surface area contributed by atoms with Gasteiger partial charge >= 0.3 is 6.18 Å². The van der Waals surface area contributed by atoms with Gasteiger partial charge in [-0.05, 0) is 31.9 Å². The van der Waals surface area contributed by atoms with Crippen LogP contribution < -0.4 is 4.90 Å². The van der Waals surface area contributed by atoms with Crippen molar-refractivity contribution in [1.29, 1.82) is 0 Å². The number of hydrogen-bond acceptors (Lipinski definition) is 3. The van der Waals surface area contributed by atoms with Crippen LogP contribution in [0.15, 0.2) is 18.3 Å². The highest BCUT2D eigenvalue weighted by molar-refractivity contribution is 5.40. The molecule has 106 valence electrons. The molecule has 0 atom stereocenters. The van der Waals surface area contributed by atoms with Gasteiger partial charge in [0.25, 0.3) is 0 Å². The number of pyridine rings is 1. The zero-order chi connectivity index (χ0) is 13.9. The van der Waals surface area contributed by atoms with Gasteiger partial charge in [0.05, 0.1) is 11.7 Å². The third kappa shape index (κ3) is 3.59. The van der Waals surface area contributed by atoms with Gasteiger partial charge in [-0.1, -0.05) is 0 Å². The maximum absolute atomic E-state index is 12.4. The Bertz CT molecular complexity index is 397. The molecule has 0 saturated carbocycles. The lowest BCUT2D eigenvalue weighted by molar-refractivity contribution is -0.137. The number of ether oxygens (including phenoxy) is 1. The molecule has 1 aromatic heterocycles. The first-order valence-corrected chi connectivity index (χ1v) is 6.40. The highest BCUT2D eigenvalue weighted by Gasteiger charge is 2.31. The van der Waals surface area contributed by atoms with E-state index in [0.717, 1.165) is 38.2 Å². The number of hydrogen-bond donors (Lipinski definition) is 0. The molecule has 1 saturated heterocycles. The van der Waals surface area contributed by atoms with Crippen LogP contribution in [-0.2, 0) is 10.9 Å². The fourth-order valence-corrected chi connectivity index (χ4v) is 2.23. The first-order valence-electron chi connectivity index (χ1n) is 6.40. The van der Waals surface area contributed by atoms with Crippen LogP contribution in [-0.4, -0.2) is 30.8 Å². The van der Waals surface area contributed by atoms with E-state index in [1.54, 1.807) is 0 Å². The van der Waals surface area contributed by atoms with Crippen LogP contribution in [0.1, 0.15) is 25.3 Å². The predicted octanol–water partition coefficient (Wildman–Crippen LogP) is 3.11. The first kappa shape index (κ1) is 14.1. The normalized spacial score (nSPS) is 17.8. The third-order valence-corrected chi connectivity index (χ3v) is 3.24. The van der Waals surface area contributed by atoms with Crippen molar-refractivity contribution in [2.24, 2.45) is 0 Å². The van der Waals surface area contributed by atoms with E-state index in [0.29, 0.717) is 12.4 Å². The summed E-state index contributed by atoms with van der Waals surface area (Å²) in [5.74, 6) is 0.600. The molecular weight excluding hydrogens is 257 g/mol. The van der Waals surface area contributed by atoms with Crippen molar-refractivity contribution in [1.82, 2.24) is 4.98 Å². The van der Waals surface area contributed by atoms with Gasteiger partial charge in [-0.25, -0.2) is 4.98 Å². The molecule has 0 amide bonds. The Morgan fingerprint density at radius 3 is 2.47 bits per heavy atom. The topological polar surface area (TPSA) is 25.4 Å². The number of rotatable bonds is 3. The predicted molar refractivity (Wildman–Crippen MR) is 66.1 cm³/mol. The van der Waals surface area contributed by atoms with E-state index in [-0.39, 0.29) is 6.10 Å². The Morgan fingerprint density at radius 1 is 1.32 bits per heavy atom. The summed E-state index contributed by atoms with van der Waals surface area (Å²) < 4.78 is 42.8. The molecule has 0 unspecified atom stereocenters. The number of anilines is 1. The molecule has 0 radical (unpaired) electrons. The zero-order valence-corrected chi connectivity index (χ0v) is 10.8. The minimum Gasteiger partial charge on any atom is -0.378 e. The van der Waals surface area contributed by atoms with Crippen LogP contribution in [0.4, 0.5) is 19.0 Å². The largest absolute Gasteiger partial charge is 0.417 e. The molecule has 1 aliphatic heterocycles. The molecule has 0 aliphatic carbocycles. The van der Waals surface area contributed by atoms with Gasteiger partial charge in [0, 0.05) is 25.9 Å². The standard InChI is InChI=1S/C13H17F3N2O/c1-2-19-11-5-7-18(8-6-11)12-4-3-10(9-17-12)13(14,15)16/h3-4,9,11H,2,5-8H2,1H3. The summed E-state index contributed by atoms with van der Waals surface area (Å²) in [5.41, 5.74) is -0.708. The lowest BCUT2D eigenvalue weighted by Gasteiger charge is -2.32. The molecule has 6 heteroatoms. The molecule has 19 heavy (non-hydrogen) atoms. The molecular formula is C13H17F3N2O. The van der Waals surface area contributed by atoms with Crippen LogP contribution in [0.5, 0.6) is 0 Å². The second-order valence-electron chi connectivity index (χ2n) is 4.54. The summed E-state index contributed by atoms with van der Waals surface area (Å²) in [6.45, 7) is 4.19. The van der Waals surface area contributed by atoms with Gasteiger partial charge < -0.3 is 9.64 Å². The smallest absolute Gasteiger partial charge is 0.378 e. The SMILES string of the molecule is CCOC1CCN(c2ccc(C(F)(F)F)cn2)CC1. The number of piperidine rings is 1. The van der Waals surface area contributed by atoms with Gasteiger partial charge in [-0.3, -0.25) is 0 Å². The summed E-state index contributed by atoms with van der Waals surface area (Å²) in [5, 5.41) is 0. The fourth-order valence-electron chi connectivity index (χ4n) is 2.23. The van der Waals surface area contributed by atoms with Crippen LogP contribution >= 0.6 is 0 Å². The van der Waals surface area contributed by atoms with Crippen molar-refractivity contribution >= 4 is 5.82 Å². The molecule has 2 rings (SSSR count). The van der Waals surface area contributed by atoms with E-state index >= 15 is 0 Å². The van der Waals surface area contributed by atoms with Crippen LogP contribution in [0, 0.1) is 0 Å². The minimum absolute atomic E-state index is 0.260. The lowest BCUT2D eigenvalue weighted by Crippen LogP contribution is -2.37. The number of nitrogens with zero attached hydrogens (tertiary/aromatic N) is 2. The minimum atomic E-state index is -4.33. The first-order chi connectivity index (χ1) is 9.00. The van der Waals surface area contributed by atoms with E-state index in [1.807, 2.05) is 11.8 Å². The molecule has 0 bridgehead atoms. The fraction of sp³-hybridized carbons (Fsp3) is 0.615. The van der Waals surface area contributed by atoms with Crippen molar-refractivity contribution in [3.05, 3.63) is 23.9 Å². The van der Waals surface area contributed by atoms with Crippen molar-refractivity contribution in [3.8, 4) is 0 Å². The Morgan fingerprint density at radius 2 is 2.00 bits per heavy atom. The second kappa shape index (κ2) is 5.77. The average molecular weight is 274 g/mol. The van der Waals surface area contributed by atoms with Crippen LogP contribution in [0.3, 0.4) is 0 Å². The van der Waals surface area contributed by atoms with E-state index in [4.69, 9.17) is 4.74 Å². The Kier molecular flexibility index (Phi) is 4.29.